The second-order valence-electron chi connectivity index (χ2n) is 7.98. The topological polar surface area (TPSA) is 120 Å². The fourth-order valence-electron chi connectivity index (χ4n) is 3.76. The molecule has 10 heteroatoms. The summed E-state index contributed by atoms with van der Waals surface area (Å²) in [6, 6.07) is 11.1. The number of anilines is 1. The Morgan fingerprint density at radius 3 is 2.68 bits per heavy atom. The van der Waals surface area contributed by atoms with E-state index in [4.69, 9.17) is 4.74 Å². The number of aliphatic hydroxyl groups excluding tert-OH is 1. The van der Waals surface area contributed by atoms with Gasteiger partial charge in [-0.2, -0.15) is 5.10 Å². The van der Waals surface area contributed by atoms with Gasteiger partial charge in [0.15, 0.2) is 0 Å². The summed E-state index contributed by atoms with van der Waals surface area (Å²) in [4.78, 5) is 22.6. The molecule has 4 N–H and O–H groups in total. The number of carbonyl (C=O) groups is 1. The summed E-state index contributed by atoms with van der Waals surface area (Å²) in [5.41, 5.74) is 4.70. The van der Waals surface area contributed by atoms with Crippen molar-refractivity contribution in [3.63, 3.8) is 0 Å². The van der Waals surface area contributed by atoms with Gasteiger partial charge in [-0.1, -0.05) is 12.1 Å². The molecule has 34 heavy (non-hydrogen) atoms. The van der Waals surface area contributed by atoms with Crippen molar-refractivity contribution in [3.05, 3.63) is 59.9 Å². The Kier molecular flexibility index (Phi) is 7.21. The van der Waals surface area contributed by atoms with E-state index in [2.05, 4.69) is 25.7 Å². The number of aliphatic hydroxyl groups is 1. The Hall–Kier alpha value is -3.73. The van der Waals surface area contributed by atoms with Crippen LogP contribution in [0.4, 0.5) is 5.95 Å². The Morgan fingerprint density at radius 2 is 2.03 bits per heavy atom. The highest BCUT2D eigenvalue weighted by atomic mass is 16.5. The van der Waals surface area contributed by atoms with E-state index in [1.165, 1.54) is 0 Å². The average Bonchev–Trinajstić information content (AvgIpc) is 3.47. The number of aryl methyl sites for hydroxylation is 1. The number of imidazole rings is 1. The summed E-state index contributed by atoms with van der Waals surface area (Å²) >= 11 is 0. The zero-order valence-electron chi connectivity index (χ0n) is 19.5. The quantitative estimate of drug-likeness (QED) is 0.266. The van der Waals surface area contributed by atoms with Gasteiger partial charge in [0.25, 0.3) is 5.91 Å². The Morgan fingerprint density at radius 1 is 1.24 bits per heavy atom. The molecule has 178 valence electrons. The van der Waals surface area contributed by atoms with Gasteiger partial charge in [-0.15, -0.1) is 0 Å². The molecule has 0 saturated heterocycles. The van der Waals surface area contributed by atoms with Crippen molar-refractivity contribution in [1.82, 2.24) is 30.0 Å². The van der Waals surface area contributed by atoms with Crippen molar-refractivity contribution in [1.29, 1.82) is 0 Å². The van der Waals surface area contributed by atoms with Gasteiger partial charge < -0.3 is 20.1 Å². The second kappa shape index (κ2) is 10.5. The molecule has 0 aliphatic rings. The first kappa shape index (κ1) is 23.4. The van der Waals surface area contributed by atoms with Gasteiger partial charge in [0.1, 0.15) is 16.8 Å². The highest BCUT2D eigenvalue weighted by molar-refractivity contribution is 6.05. The molecule has 4 rings (SSSR count). The molecular weight excluding hydrogens is 434 g/mol. The van der Waals surface area contributed by atoms with E-state index in [1.807, 2.05) is 49.5 Å². The molecule has 2 aromatic carbocycles. The van der Waals surface area contributed by atoms with E-state index in [-0.39, 0.29) is 12.6 Å². The third kappa shape index (κ3) is 5.09. The van der Waals surface area contributed by atoms with Crippen molar-refractivity contribution in [2.24, 2.45) is 7.05 Å². The van der Waals surface area contributed by atoms with Crippen LogP contribution in [0.5, 0.6) is 5.75 Å². The van der Waals surface area contributed by atoms with Crippen LogP contribution in [0.25, 0.3) is 22.2 Å². The molecule has 0 unspecified atom stereocenters. The molecule has 2 aromatic heterocycles. The molecule has 0 saturated carbocycles. The summed E-state index contributed by atoms with van der Waals surface area (Å²) in [6.45, 7) is 2.08. The zero-order valence-corrected chi connectivity index (χ0v) is 19.5. The van der Waals surface area contributed by atoms with Crippen molar-refractivity contribution in [2.45, 2.75) is 6.54 Å². The van der Waals surface area contributed by atoms with Gasteiger partial charge in [-0.25, -0.2) is 4.98 Å². The number of benzene rings is 2. The van der Waals surface area contributed by atoms with E-state index < -0.39 is 0 Å². The zero-order chi connectivity index (χ0) is 24.1. The minimum absolute atomic E-state index is 0.0273. The normalized spacial score (nSPS) is 11.3. The minimum Gasteiger partial charge on any atom is -0.494 e. The Balaban J connectivity index is 1.52. The van der Waals surface area contributed by atoms with Gasteiger partial charge in [0.05, 0.1) is 20.0 Å². The number of carbonyl (C=O) groups excluding carboxylic acids is 1. The highest BCUT2D eigenvalue weighted by Gasteiger charge is 2.16. The van der Waals surface area contributed by atoms with E-state index in [9.17, 15) is 9.90 Å². The monoisotopic (exact) mass is 463 g/mol. The molecule has 2 heterocycles. The van der Waals surface area contributed by atoms with E-state index in [0.717, 1.165) is 29.8 Å². The lowest BCUT2D eigenvalue weighted by Gasteiger charge is -2.19. The number of aromatic amines is 1. The maximum atomic E-state index is 12.9. The summed E-state index contributed by atoms with van der Waals surface area (Å²) in [5, 5.41) is 19.7. The van der Waals surface area contributed by atoms with Crippen molar-refractivity contribution < 1.29 is 14.6 Å². The number of likely N-dealkylation sites (N-methyl/N-ethyl adjacent to an activating group) is 1. The van der Waals surface area contributed by atoms with Crippen LogP contribution in [0.1, 0.15) is 15.9 Å². The molecule has 0 spiro atoms. The van der Waals surface area contributed by atoms with Crippen LogP contribution in [-0.4, -0.2) is 69.6 Å². The maximum absolute atomic E-state index is 12.9. The first-order valence-corrected chi connectivity index (χ1v) is 11.0. The van der Waals surface area contributed by atoms with Crippen LogP contribution >= 0.6 is 0 Å². The van der Waals surface area contributed by atoms with Crippen LogP contribution in [0.2, 0.25) is 0 Å². The molecule has 0 fully saturated rings. The number of hydrogen-bond acceptors (Lipinski definition) is 7. The van der Waals surface area contributed by atoms with Crippen LogP contribution < -0.4 is 15.4 Å². The highest BCUT2D eigenvalue weighted by Crippen LogP contribution is 2.33. The fraction of sp³-hybridized carbons (Fsp3) is 0.292. The van der Waals surface area contributed by atoms with Gasteiger partial charge in [0.2, 0.25) is 5.95 Å². The summed E-state index contributed by atoms with van der Waals surface area (Å²) in [5.74, 6) is 0.686. The Bertz CT molecular complexity index is 1260. The molecule has 0 radical (unpaired) electrons. The lowest BCUT2D eigenvalue weighted by atomic mass is 10.1. The number of nitrogens with zero attached hydrogens (tertiary/aromatic N) is 4. The number of methoxy groups -OCH3 is 1. The number of ether oxygens (including phenoxy) is 1. The second-order valence-corrected chi connectivity index (χ2v) is 7.98. The van der Waals surface area contributed by atoms with Crippen molar-refractivity contribution in [2.75, 3.05) is 39.3 Å². The number of amides is 1. The van der Waals surface area contributed by atoms with Crippen LogP contribution in [0.3, 0.4) is 0 Å². The molecule has 0 atom stereocenters. The number of fused-ring (bicyclic) bond motifs is 1. The standard InChI is InChI=1S/C24H29N7O3/c1-25-10-11-31(15-32)13-16-4-6-17(7-5-16)23(33)29-24-27-21-19(18-12-26-30(2)14-18)8-9-20(34-3)22(21)28-24/h4-9,12,14,25,32H,10-11,13,15H2,1-3H3,(H2,27,28,29,33). The SMILES string of the molecule is CNCCN(CO)Cc1ccc(C(=O)Nc2nc3c(-c4cnn(C)c4)ccc(OC)c3[nH]2)cc1. The first-order chi connectivity index (χ1) is 16.5. The summed E-state index contributed by atoms with van der Waals surface area (Å²) in [7, 11) is 5.33. The third-order valence-electron chi connectivity index (χ3n) is 5.57. The first-order valence-electron chi connectivity index (χ1n) is 11.0. The summed E-state index contributed by atoms with van der Waals surface area (Å²) in [6.07, 6.45) is 3.68. The van der Waals surface area contributed by atoms with E-state index in [1.54, 1.807) is 30.1 Å². The molecule has 0 bridgehead atoms. The van der Waals surface area contributed by atoms with Gasteiger partial charge in [-0.05, 0) is 36.9 Å². The van der Waals surface area contributed by atoms with E-state index in [0.29, 0.717) is 34.8 Å². The molecule has 4 aromatic rings. The Labute approximate surface area is 197 Å². The van der Waals surface area contributed by atoms with E-state index >= 15 is 0 Å². The third-order valence-corrected chi connectivity index (χ3v) is 5.57. The largest absolute Gasteiger partial charge is 0.494 e. The summed E-state index contributed by atoms with van der Waals surface area (Å²) < 4.78 is 7.20. The van der Waals surface area contributed by atoms with Crippen molar-refractivity contribution in [3.8, 4) is 16.9 Å². The average molecular weight is 464 g/mol. The van der Waals surface area contributed by atoms with Crippen molar-refractivity contribution >= 4 is 22.9 Å². The molecule has 10 nitrogen and oxygen atoms in total. The fourth-order valence-corrected chi connectivity index (χ4v) is 3.76. The van der Waals surface area contributed by atoms with Crippen LogP contribution in [-0.2, 0) is 13.6 Å². The lowest BCUT2D eigenvalue weighted by Crippen LogP contribution is -2.31. The molecular formula is C24H29N7O3. The van der Waals surface area contributed by atoms with Crippen LogP contribution in [0, 0.1) is 0 Å². The minimum atomic E-state index is -0.276. The number of nitrogens with one attached hydrogen (secondary N) is 3. The predicted octanol–water partition coefficient (Wildman–Crippen LogP) is 2.20. The maximum Gasteiger partial charge on any atom is 0.257 e. The smallest absolute Gasteiger partial charge is 0.257 e. The number of hydrogen-bond donors (Lipinski definition) is 4. The number of rotatable bonds is 10. The number of H-pyrrole nitrogens is 1. The van der Waals surface area contributed by atoms with Gasteiger partial charge in [-0.3, -0.25) is 19.7 Å². The molecule has 1 amide bonds. The molecule has 0 aliphatic heterocycles. The molecule has 0 aliphatic carbocycles. The number of aromatic nitrogens is 4. The lowest BCUT2D eigenvalue weighted by molar-refractivity contribution is 0.101. The van der Waals surface area contributed by atoms with Gasteiger partial charge >= 0.3 is 0 Å². The predicted molar refractivity (Wildman–Crippen MR) is 131 cm³/mol. The van der Waals surface area contributed by atoms with Gasteiger partial charge in [0, 0.05) is 49.6 Å². The van der Waals surface area contributed by atoms with Crippen LogP contribution in [0.15, 0.2) is 48.8 Å².